The predicted molar refractivity (Wildman–Crippen MR) is 105 cm³/mol. The van der Waals surface area contributed by atoms with E-state index >= 15 is 0 Å². The van der Waals surface area contributed by atoms with Crippen molar-refractivity contribution in [3.05, 3.63) is 0 Å². The number of hydrogen-bond acceptors (Lipinski definition) is 4. The Balaban J connectivity index is -0.0000000862. The van der Waals surface area contributed by atoms with Gasteiger partial charge in [-0.1, -0.05) is 45.0 Å². The third kappa shape index (κ3) is 70.1. The van der Waals surface area contributed by atoms with Gasteiger partial charge < -0.3 is 13.6 Å². The maximum absolute atomic E-state index is 5.30. The van der Waals surface area contributed by atoms with Gasteiger partial charge in [-0.25, -0.2) is 0 Å². The van der Waals surface area contributed by atoms with Gasteiger partial charge in [0, 0.05) is 21.3 Å². The van der Waals surface area contributed by atoms with Gasteiger partial charge in [-0.3, -0.25) is 5.09 Å². The van der Waals surface area contributed by atoms with E-state index in [4.69, 9.17) is 49.5 Å². The van der Waals surface area contributed by atoms with Gasteiger partial charge in [0.25, 0.3) is 0 Å². The van der Waals surface area contributed by atoms with E-state index in [0.29, 0.717) is 0 Å². The molecule has 4 nitrogen and oxygen atoms in total. The van der Waals surface area contributed by atoms with Crippen LogP contribution in [0.25, 0.3) is 0 Å². The fourth-order valence-electron chi connectivity index (χ4n) is 0.0913. The fourth-order valence-corrected chi connectivity index (χ4v) is 0.274. The molecule has 0 saturated carbocycles. The van der Waals surface area contributed by atoms with Gasteiger partial charge in [-0.15, -0.1) is 0 Å². The minimum atomic E-state index is -0.676. The highest BCUT2D eigenvalue weighted by Gasteiger charge is 1.86. The number of rotatable bonds is 4. The van der Waals surface area contributed by atoms with Gasteiger partial charge in [-0.05, 0) is 33.7 Å². The Hall–Kier alpha value is 2.72. The maximum atomic E-state index is 5.30. The average molecular weight is 449 g/mol. The van der Waals surface area contributed by atoms with Crippen LogP contribution in [0.3, 0.4) is 0 Å². The Kier molecular flexibility index (Phi) is 40.7. The molecule has 128 valence electrons. The summed E-state index contributed by atoms with van der Waals surface area (Å²) in [6.45, 7) is 6.76. The monoisotopic (exact) mass is 447 g/mol. The number of hydrogen-bond donors (Lipinski definition) is 1. The summed E-state index contributed by atoms with van der Waals surface area (Å²) < 4.78 is 14.0. The molecule has 0 rings (SSSR count). The van der Waals surface area contributed by atoms with Crippen LogP contribution in [0.2, 0.25) is 0 Å². The first kappa shape index (κ1) is 30.6. The van der Waals surface area contributed by atoms with E-state index in [9.17, 15) is 0 Å². The van der Waals surface area contributed by atoms with Gasteiger partial charge in [-0.2, -0.15) is 0 Å². The molecule has 0 radical (unpaired) electrons. The van der Waals surface area contributed by atoms with Gasteiger partial charge in [0.1, 0.15) is 15.0 Å². The molecule has 0 bridgehead atoms. The molecule has 0 spiro atoms. The highest BCUT2D eigenvalue weighted by molar-refractivity contribution is 8.03. The third-order valence-corrected chi connectivity index (χ3v) is 4.10. The van der Waals surface area contributed by atoms with Gasteiger partial charge in [0.05, 0.1) is 14.9 Å². The van der Waals surface area contributed by atoms with Gasteiger partial charge in [0.15, 0.2) is 0 Å². The predicted octanol–water partition coefficient (Wildman–Crippen LogP) is 6.83. The normalized spacial score (nSPS) is 13.7. The summed E-state index contributed by atoms with van der Waals surface area (Å²) >= 11 is 20.8. The Morgan fingerprint density at radius 3 is 0.900 bits per heavy atom. The molecule has 0 saturated heterocycles. The molecule has 0 fully saturated rings. The largest absolute Gasteiger partial charge is 0.347 e. The van der Waals surface area contributed by atoms with Crippen molar-refractivity contribution < 1.29 is 13.6 Å². The van der Waals surface area contributed by atoms with E-state index in [-0.39, 0.29) is 8.30 Å². The highest BCUT2D eigenvalue weighted by Crippen LogP contribution is 2.41. The van der Waals surface area contributed by atoms with E-state index in [0.717, 1.165) is 0 Å². The number of halogens is 4. The van der Waals surface area contributed by atoms with Crippen LogP contribution in [0, 0.1) is 0 Å². The maximum Gasteiger partial charge on any atom is 0.120 e. The van der Waals surface area contributed by atoms with Crippen LogP contribution in [0.15, 0.2) is 0 Å². The molecule has 0 aliphatic carbocycles. The van der Waals surface area contributed by atoms with Crippen LogP contribution < -0.4 is 5.09 Å². The lowest BCUT2D eigenvalue weighted by atomic mass is 11.6. The molecule has 0 aromatic heterocycles. The first-order valence-electron chi connectivity index (χ1n) is 4.96. The van der Waals surface area contributed by atoms with Gasteiger partial charge >= 0.3 is 0 Å². The molecular formula is C8H25Cl4NO3P4. The lowest BCUT2D eigenvalue weighted by Gasteiger charge is -2.03. The van der Waals surface area contributed by atoms with Crippen molar-refractivity contribution in [3.63, 3.8) is 0 Å². The summed E-state index contributed by atoms with van der Waals surface area (Å²) in [5.74, 6) is 0. The Morgan fingerprint density at radius 2 is 0.900 bits per heavy atom. The molecule has 12 heteroatoms. The molecule has 0 heterocycles. The minimum Gasteiger partial charge on any atom is -0.347 e. The average Bonchev–Trinajstić information content (AvgIpc) is 2.38. The summed E-state index contributed by atoms with van der Waals surface area (Å²) in [6.07, 6.45) is 0. The smallest absolute Gasteiger partial charge is 0.120 e. The lowest BCUT2D eigenvalue weighted by molar-refractivity contribution is 0.459. The number of nitrogens with one attached hydrogen (secondary N) is 1. The molecule has 0 aromatic rings. The van der Waals surface area contributed by atoms with E-state index in [1.165, 1.54) is 0 Å². The van der Waals surface area contributed by atoms with Crippen LogP contribution >= 0.6 is 74.9 Å². The molecule has 0 aliphatic rings. The van der Waals surface area contributed by atoms with Crippen molar-refractivity contribution in [1.82, 2.24) is 5.09 Å². The SMILES string of the molecule is CNP(C)OC.COP(C)Cl.COP(C)Cl.CP(Cl)Cl. The first-order chi connectivity index (χ1) is 9.08. The topological polar surface area (TPSA) is 39.7 Å². The van der Waals surface area contributed by atoms with Crippen molar-refractivity contribution in [2.75, 3.05) is 55.0 Å². The van der Waals surface area contributed by atoms with Crippen LogP contribution in [0.4, 0.5) is 0 Å². The fraction of sp³-hybridized carbons (Fsp3) is 1.00. The second kappa shape index (κ2) is 26.6. The third-order valence-electron chi connectivity index (χ3n) is 1.09. The van der Waals surface area contributed by atoms with Crippen molar-refractivity contribution >= 4 is 74.9 Å². The van der Waals surface area contributed by atoms with Crippen molar-refractivity contribution in [3.8, 4) is 0 Å². The molecular weight excluding hydrogens is 424 g/mol. The van der Waals surface area contributed by atoms with Crippen LogP contribution in [-0.2, 0) is 13.6 Å². The standard InChI is InChI=1S/C3H10NOP.2C2H6ClOP.CH3Cl2P/c1-4-6(3)5-2;2*1-4-5(2)3;1-4(2)3/h4H,1-3H3;2*1-2H3;1H3. The van der Waals surface area contributed by atoms with Gasteiger partial charge in [0.2, 0.25) is 0 Å². The molecule has 20 heavy (non-hydrogen) atoms. The molecule has 1 N–H and O–H groups in total. The summed E-state index contributed by atoms with van der Waals surface area (Å²) in [5, 5.41) is 2.96. The summed E-state index contributed by atoms with van der Waals surface area (Å²) in [7, 11) is 5.19. The van der Waals surface area contributed by atoms with E-state index in [1.807, 2.05) is 27.0 Å². The Bertz CT molecular complexity index is 149. The van der Waals surface area contributed by atoms with Crippen LogP contribution in [0.5, 0.6) is 0 Å². The van der Waals surface area contributed by atoms with E-state index < -0.39 is 21.6 Å². The second-order valence-corrected chi connectivity index (χ2v) is 14.0. The lowest BCUT2D eigenvalue weighted by Crippen LogP contribution is -1.95. The minimum absolute atomic E-state index is 0.326. The van der Waals surface area contributed by atoms with Crippen LogP contribution in [0.1, 0.15) is 0 Å². The summed E-state index contributed by atoms with van der Waals surface area (Å²) in [5.41, 5.74) is 0. The second-order valence-electron chi connectivity index (χ2n) is 2.51. The molecule has 3 atom stereocenters. The zero-order valence-corrected chi connectivity index (χ0v) is 19.6. The Labute approximate surface area is 148 Å². The van der Waals surface area contributed by atoms with Crippen LogP contribution in [-0.4, -0.2) is 55.0 Å². The zero-order valence-electron chi connectivity index (χ0n) is 13.0. The molecule has 0 aromatic carbocycles. The Morgan fingerprint density at radius 1 is 0.700 bits per heavy atom. The van der Waals surface area contributed by atoms with E-state index in [2.05, 4.69) is 14.1 Å². The highest BCUT2D eigenvalue weighted by atomic mass is 35.9. The zero-order chi connectivity index (χ0) is 17.1. The summed E-state index contributed by atoms with van der Waals surface area (Å²) in [6, 6.07) is 0. The molecule has 0 amide bonds. The molecule has 3 unspecified atom stereocenters. The van der Waals surface area contributed by atoms with Crippen molar-refractivity contribution in [2.45, 2.75) is 0 Å². The first-order valence-corrected chi connectivity index (χ1v) is 15.5. The molecule has 0 aliphatic heterocycles. The quantitative estimate of drug-likeness (QED) is 0.478. The summed E-state index contributed by atoms with van der Waals surface area (Å²) in [4.78, 5) is 0. The van der Waals surface area contributed by atoms with E-state index in [1.54, 1.807) is 28.0 Å². The van der Waals surface area contributed by atoms with Crippen molar-refractivity contribution in [2.24, 2.45) is 0 Å². The van der Waals surface area contributed by atoms with Crippen molar-refractivity contribution in [1.29, 1.82) is 0 Å².